The predicted molar refractivity (Wildman–Crippen MR) is 76.3 cm³/mol. The van der Waals surface area contributed by atoms with Gasteiger partial charge >= 0.3 is 0 Å². The fraction of sp³-hybridized carbons (Fsp3) is 0.615. The summed E-state index contributed by atoms with van der Waals surface area (Å²) in [4.78, 5) is 8.85. The van der Waals surface area contributed by atoms with E-state index >= 15 is 0 Å². The molecular weight excluding hydrogens is 240 g/mol. The van der Waals surface area contributed by atoms with Gasteiger partial charge in [0.15, 0.2) is 5.65 Å². The van der Waals surface area contributed by atoms with Gasteiger partial charge in [0, 0.05) is 13.1 Å². The summed E-state index contributed by atoms with van der Waals surface area (Å²) >= 11 is 0. The van der Waals surface area contributed by atoms with Crippen LogP contribution in [0, 0.1) is 5.92 Å². The lowest BCUT2D eigenvalue weighted by Gasteiger charge is -2.18. The fourth-order valence-corrected chi connectivity index (χ4v) is 2.33. The van der Waals surface area contributed by atoms with E-state index < -0.39 is 0 Å². The largest absolute Gasteiger partial charge is 0.367 e. The van der Waals surface area contributed by atoms with E-state index in [0.717, 1.165) is 29.2 Å². The minimum absolute atomic E-state index is 0.477. The van der Waals surface area contributed by atoms with Crippen LogP contribution in [0.3, 0.4) is 0 Å². The molecule has 0 saturated heterocycles. The maximum absolute atomic E-state index is 4.51. The fourth-order valence-electron chi connectivity index (χ4n) is 2.33. The van der Waals surface area contributed by atoms with E-state index in [2.05, 4.69) is 37.7 Å². The Morgan fingerprint density at radius 1 is 1.42 bits per heavy atom. The number of aromatic nitrogens is 4. The number of rotatable bonds is 6. The number of anilines is 2. The maximum Gasteiger partial charge on any atom is 0.226 e. The molecule has 1 aliphatic carbocycles. The molecule has 2 aromatic rings. The maximum atomic E-state index is 4.51. The summed E-state index contributed by atoms with van der Waals surface area (Å²) in [5, 5.41) is 14.4. The first kappa shape index (κ1) is 12.2. The minimum atomic E-state index is 0.477. The number of nitrogens with one attached hydrogen (secondary N) is 3. The van der Waals surface area contributed by atoms with Crippen molar-refractivity contribution >= 4 is 22.8 Å². The van der Waals surface area contributed by atoms with Crippen LogP contribution >= 0.6 is 0 Å². The number of nitrogens with zero attached hydrogens (tertiary/aromatic N) is 3. The Morgan fingerprint density at radius 2 is 2.26 bits per heavy atom. The Kier molecular flexibility index (Phi) is 3.23. The zero-order chi connectivity index (χ0) is 13.2. The Morgan fingerprint density at radius 3 is 2.95 bits per heavy atom. The van der Waals surface area contributed by atoms with E-state index in [4.69, 9.17) is 0 Å². The van der Waals surface area contributed by atoms with Crippen molar-refractivity contribution in [2.24, 2.45) is 5.92 Å². The molecule has 0 aliphatic heterocycles. The molecule has 0 amide bonds. The van der Waals surface area contributed by atoms with Crippen molar-refractivity contribution in [2.75, 3.05) is 17.7 Å². The van der Waals surface area contributed by atoms with Gasteiger partial charge in [-0.3, -0.25) is 5.10 Å². The van der Waals surface area contributed by atoms with Gasteiger partial charge in [0.25, 0.3) is 0 Å². The highest BCUT2D eigenvalue weighted by Gasteiger charge is 2.25. The van der Waals surface area contributed by atoms with E-state index in [-0.39, 0.29) is 0 Å². The third kappa shape index (κ3) is 2.62. The van der Waals surface area contributed by atoms with Crippen molar-refractivity contribution in [3.8, 4) is 0 Å². The van der Waals surface area contributed by atoms with Crippen LogP contribution in [-0.2, 0) is 0 Å². The lowest BCUT2D eigenvalue weighted by Crippen LogP contribution is -2.20. The predicted octanol–water partition coefficient (Wildman–Crippen LogP) is 2.39. The molecule has 1 atom stereocenters. The SMILES string of the molecule is CCC(CC1CC1)Nc1nc(NC)nc2[nH]ncc12. The number of aromatic amines is 1. The molecule has 0 spiro atoms. The van der Waals surface area contributed by atoms with Crippen molar-refractivity contribution < 1.29 is 0 Å². The van der Waals surface area contributed by atoms with Crippen LogP contribution in [-0.4, -0.2) is 33.3 Å². The molecule has 0 bridgehead atoms. The normalized spacial score (nSPS) is 16.5. The second-order valence-electron chi connectivity index (χ2n) is 5.21. The number of fused-ring (bicyclic) bond motifs is 1. The molecule has 2 aromatic heterocycles. The third-order valence-electron chi connectivity index (χ3n) is 3.68. The lowest BCUT2D eigenvalue weighted by atomic mass is 10.1. The third-order valence-corrected chi connectivity index (χ3v) is 3.68. The first-order valence-electron chi connectivity index (χ1n) is 6.95. The number of hydrogen-bond acceptors (Lipinski definition) is 5. The Balaban J connectivity index is 1.86. The summed E-state index contributed by atoms with van der Waals surface area (Å²) in [5.74, 6) is 2.39. The van der Waals surface area contributed by atoms with Gasteiger partial charge in [0.2, 0.25) is 5.95 Å². The number of hydrogen-bond donors (Lipinski definition) is 3. The zero-order valence-corrected chi connectivity index (χ0v) is 11.4. The van der Waals surface area contributed by atoms with Crippen molar-refractivity contribution in [1.29, 1.82) is 0 Å². The van der Waals surface area contributed by atoms with Crippen molar-refractivity contribution in [1.82, 2.24) is 20.2 Å². The topological polar surface area (TPSA) is 78.5 Å². The van der Waals surface area contributed by atoms with Gasteiger partial charge in [-0.2, -0.15) is 15.1 Å². The van der Waals surface area contributed by atoms with Crippen LogP contribution in [0.15, 0.2) is 6.20 Å². The van der Waals surface area contributed by atoms with Crippen LogP contribution in [0.25, 0.3) is 11.0 Å². The van der Waals surface area contributed by atoms with Crippen molar-refractivity contribution in [3.05, 3.63) is 6.20 Å². The van der Waals surface area contributed by atoms with Gasteiger partial charge in [0.1, 0.15) is 5.82 Å². The van der Waals surface area contributed by atoms with E-state index in [0.29, 0.717) is 12.0 Å². The second-order valence-corrected chi connectivity index (χ2v) is 5.21. The van der Waals surface area contributed by atoms with Crippen LogP contribution in [0.4, 0.5) is 11.8 Å². The van der Waals surface area contributed by atoms with E-state index in [1.165, 1.54) is 19.3 Å². The molecule has 1 aliphatic rings. The monoisotopic (exact) mass is 260 g/mol. The van der Waals surface area contributed by atoms with Crippen LogP contribution in [0.2, 0.25) is 0 Å². The average molecular weight is 260 g/mol. The van der Waals surface area contributed by atoms with E-state index in [1.54, 1.807) is 6.20 Å². The van der Waals surface area contributed by atoms with Crippen LogP contribution in [0.1, 0.15) is 32.6 Å². The van der Waals surface area contributed by atoms with Crippen molar-refractivity contribution in [3.63, 3.8) is 0 Å². The van der Waals surface area contributed by atoms with E-state index in [9.17, 15) is 0 Å². The molecule has 6 heteroatoms. The number of H-pyrrole nitrogens is 1. The Bertz CT molecular complexity index is 559. The minimum Gasteiger partial charge on any atom is -0.367 e. The van der Waals surface area contributed by atoms with Gasteiger partial charge in [-0.1, -0.05) is 19.8 Å². The molecule has 1 fully saturated rings. The molecule has 1 unspecified atom stereocenters. The highest BCUT2D eigenvalue weighted by molar-refractivity contribution is 5.87. The first-order chi connectivity index (χ1) is 9.30. The quantitative estimate of drug-likeness (QED) is 0.743. The van der Waals surface area contributed by atoms with Crippen LogP contribution < -0.4 is 10.6 Å². The van der Waals surface area contributed by atoms with E-state index in [1.807, 2.05) is 7.05 Å². The molecule has 19 heavy (non-hydrogen) atoms. The molecule has 3 N–H and O–H groups in total. The summed E-state index contributed by atoms with van der Waals surface area (Å²) in [7, 11) is 1.82. The summed E-state index contributed by atoms with van der Waals surface area (Å²) < 4.78 is 0. The van der Waals surface area contributed by atoms with Crippen molar-refractivity contribution in [2.45, 2.75) is 38.6 Å². The molecule has 2 heterocycles. The average Bonchev–Trinajstić information content (AvgIpc) is 3.11. The summed E-state index contributed by atoms with van der Waals surface area (Å²) in [5.41, 5.74) is 0.767. The lowest BCUT2D eigenvalue weighted by molar-refractivity contribution is 0.586. The van der Waals surface area contributed by atoms with Crippen LogP contribution in [0.5, 0.6) is 0 Å². The molecule has 1 saturated carbocycles. The standard InChI is InChI=1S/C13H20N6/c1-3-9(6-8-4-5-8)16-11-10-7-15-19-12(10)18-13(14-2)17-11/h7-9H,3-6H2,1-2H3,(H3,14,15,16,17,18,19). The summed E-state index contributed by atoms with van der Waals surface area (Å²) in [6, 6.07) is 0.477. The van der Waals surface area contributed by atoms with Gasteiger partial charge in [-0.15, -0.1) is 0 Å². The van der Waals surface area contributed by atoms with Gasteiger partial charge < -0.3 is 10.6 Å². The van der Waals surface area contributed by atoms with Gasteiger partial charge in [-0.05, 0) is 18.8 Å². The first-order valence-corrected chi connectivity index (χ1v) is 6.95. The van der Waals surface area contributed by atoms with Gasteiger partial charge in [0.05, 0.1) is 11.6 Å². The smallest absolute Gasteiger partial charge is 0.226 e. The second kappa shape index (κ2) is 5.03. The summed E-state index contributed by atoms with van der Waals surface area (Å²) in [6.07, 6.45) is 6.88. The zero-order valence-electron chi connectivity index (χ0n) is 11.4. The molecule has 0 radical (unpaired) electrons. The molecule has 3 rings (SSSR count). The molecular formula is C13H20N6. The molecule has 102 valence electrons. The highest BCUT2D eigenvalue weighted by Crippen LogP contribution is 2.35. The molecule has 0 aromatic carbocycles. The molecule has 6 nitrogen and oxygen atoms in total. The highest BCUT2D eigenvalue weighted by atomic mass is 15.2. The summed E-state index contributed by atoms with van der Waals surface area (Å²) in [6.45, 7) is 2.22. The Hall–Kier alpha value is -1.85. The Labute approximate surface area is 112 Å². The van der Waals surface area contributed by atoms with Gasteiger partial charge in [-0.25, -0.2) is 0 Å².